The van der Waals surface area contributed by atoms with E-state index in [0.29, 0.717) is 0 Å². The molecule has 1 spiro atoms. The van der Waals surface area contributed by atoms with E-state index in [9.17, 15) is 0 Å². The van der Waals surface area contributed by atoms with Gasteiger partial charge in [-0.1, -0.05) is 190 Å². The van der Waals surface area contributed by atoms with E-state index < -0.39 is 5.41 Å². The number of nitrogens with zero attached hydrogens (tertiary/aromatic N) is 1. The van der Waals surface area contributed by atoms with Crippen molar-refractivity contribution in [1.82, 2.24) is 0 Å². The van der Waals surface area contributed by atoms with Crippen molar-refractivity contribution in [2.24, 2.45) is 0 Å². The van der Waals surface area contributed by atoms with Crippen LogP contribution >= 0.6 is 0 Å². The number of para-hydroxylation sites is 1. The minimum Gasteiger partial charge on any atom is -0.456 e. The van der Waals surface area contributed by atoms with Gasteiger partial charge in [-0.15, -0.1) is 0 Å². The highest BCUT2D eigenvalue weighted by Crippen LogP contribution is 2.65. The summed E-state index contributed by atoms with van der Waals surface area (Å²) in [6, 6.07) is 84.3. The third-order valence-electron chi connectivity index (χ3n) is 15.9. The van der Waals surface area contributed by atoms with Gasteiger partial charge in [0.05, 0.1) is 5.41 Å². The minimum absolute atomic E-state index is 0.176. The Labute approximate surface area is 395 Å². The van der Waals surface area contributed by atoms with Gasteiger partial charge in [0.2, 0.25) is 0 Å². The molecule has 0 aliphatic heterocycles. The van der Waals surface area contributed by atoms with E-state index in [2.05, 4.69) is 243 Å². The molecule has 0 bridgehead atoms. The van der Waals surface area contributed by atoms with Crippen LogP contribution in [0.25, 0.3) is 88.0 Å². The summed E-state index contributed by atoms with van der Waals surface area (Å²) in [5.41, 5.74) is 22.3. The number of furan rings is 1. The number of hydrogen-bond donors (Lipinski definition) is 0. The lowest BCUT2D eigenvalue weighted by Crippen LogP contribution is -2.30. The van der Waals surface area contributed by atoms with Crippen molar-refractivity contribution in [3.05, 3.63) is 258 Å². The number of rotatable bonds is 3. The summed E-state index contributed by atoms with van der Waals surface area (Å²) in [5, 5.41) is 7.33. The number of fused-ring (bicyclic) bond motifs is 23. The average molecular weight is 866 g/mol. The van der Waals surface area contributed by atoms with Crippen molar-refractivity contribution >= 4 is 60.5 Å². The Bertz CT molecular complexity index is 4150. The molecule has 11 aromatic carbocycles. The maximum Gasteiger partial charge on any atom is 0.135 e. The van der Waals surface area contributed by atoms with Crippen LogP contribution in [-0.2, 0) is 10.8 Å². The Morgan fingerprint density at radius 3 is 1.46 bits per heavy atom. The first kappa shape index (κ1) is 37.7. The van der Waals surface area contributed by atoms with Crippen LogP contribution in [0.3, 0.4) is 0 Å². The van der Waals surface area contributed by atoms with Crippen molar-refractivity contribution < 1.29 is 4.42 Å². The maximum atomic E-state index is 6.45. The molecule has 0 fully saturated rings. The fourth-order valence-corrected chi connectivity index (χ4v) is 13.0. The third-order valence-corrected chi connectivity index (χ3v) is 15.9. The predicted molar refractivity (Wildman–Crippen MR) is 283 cm³/mol. The number of benzene rings is 11. The standard InChI is InChI=1S/C66H43NO/c1-65(2)56-27-13-9-22-48(56)50-35-32-41(38-59(50)65)67(40-33-36-62-55(37-40)51-23-12-16-30-61(51)68-62)42-31-34-49-44-18-4-3-17-43(44)47-21-10-14-28-57(47)66(60(49)39-42)58-29-15-11-26-54(58)63-52-24-7-5-19-45(52)46-20-6-8-25-53(46)64(63)66/h3-39H,1-2H3. The van der Waals surface area contributed by atoms with Gasteiger partial charge in [0, 0.05) is 33.2 Å². The van der Waals surface area contributed by atoms with Gasteiger partial charge in [0.25, 0.3) is 0 Å². The van der Waals surface area contributed by atoms with Crippen molar-refractivity contribution in [2.45, 2.75) is 24.7 Å². The summed E-state index contributed by atoms with van der Waals surface area (Å²) in [6.07, 6.45) is 0. The second-order valence-corrected chi connectivity index (χ2v) is 19.5. The van der Waals surface area contributed by atoms with Gasteiger partial charge in [0.15, 0.2) is 0 Å². The lowest BCUT2D eigenvalue weighted by Gasteiger charge is -2.37. The quantitative estimate of drug-likeness (QED) is 0.165. The fourth-order valence-electron chi connectivity index (χ4n) is 13.0. The Balaban J connectivity index is 1.09. The first-order chi connectivity index (χ1) is 33.5. The van der Waals surface area contributed by atoms with E-state index in [0.717, 1.165) is 39.0 Å². The molecule has 68 heavy (non-hydrogen) atoms. The van der Waals surface area contributed by atoms with Gasteiger partial charge < -0.3 is 9.32 Å². The molecule has 0 saturated carbocycles. The van der Waals surface area contributed by atoms with Gasteiger partial charge in [-0.3, -0.25) is 0 Å². The van der Waals surface area contributed by atoms with E-state index >= 15 is 0 Å². The molecule has 3 aliphatic carbocycles. The highest BCUT2D eigenvalue weighted by atomic mass is 16.3. The molecule has 2 nitrogen and oxygen atoms in total. The lowest BCUT2D eigenvalue weighted by atomic mass is 9.64. The molecule has 1 heterocycles. The predicted octanol–water partition coefficient (Wildman–Crippen LogP) is 17.7. The molecule has 3 aliphatic rings. The Morgan fingerprint density at radius 2 is 0.750 bits per heavy atom. The van der Waals surface area contributed by atoms with Crippen LogP contribution < -0.4 is 4.90 Å². The largest absolute Gasteiger partial charge is 0.456 e. The molecule has 0 amide bonds. The maximum absolute atomic E-state index is 6.45. The van der Waals surface area contributed by atoms with Crippen LogP contribution in [0, 0.1) is 0 Å². The monoisotopic (exact) mass is 865 g/mol. The molecule has 318 valence electrons. The summed E-state index contributed by atoms with van der Waals surface area (Å²) in [7, 11) is 0. The lowest BCUT2D eigenvalue weighted by molar-refractivity contribution is 0.660. The first-order valence-corrected chi connectivity index (χ1v) is 23.8. The summed E-state index contributed by atoms with van der Waals surface area (Å²) in [4.78, 5) is 2.50. The zero-order valence-electron chi connectivity index (χ0n) is 37.7. The summed E-state index contributed by atoms with van der Waals surface area (Å²) in [5.74, 6) is 0. The van der Waals surface area contributed by atoms with Crippen LogP contribution in [0.1, 0.15) is 47.2 Å². The normalized spacial score (nSPS) is 15.7. The molecule has 1 unspecified atom stereocenters. The van der Waals surface area contributed by atoms with Crippen LogP contribution in [0.2, 0.25) is 0 Å². The molecule has 0 N–H and O–H groups in total. The van der Waals surface area contributed by atoms with Gasteiger partial charge >= 0.3 is 0 Å². The van der Waals surface area contributed by atoms with Crippen LogP contribution in [-0.4, -0.2) is 0 Å². The van der Waals surface area contributed by atoms with Crippen molar-refractivity contribution in [3.8, 4) is 44.5 Å². The topological polar surface area (TPSA) is 16.4 Å². The first-order valence-electron chi connectivity index (χ1n) is 23.8. The second-order valence-electron chi connectivity index (χ2n) is 19.5. The third kappa shape index (κ3) is 4.81. The number of anilines is 3. The molecule has 1 aromatic heterocycles. The van der Waals surface area contributed by atoms with Gasteiger partial charge in [-0.25, -0.2) is 0 Å². The smallest absolute Gasteiger partial charge is 0.135 e. The molecular weight excluding hydrogens is 823 g/mol. The minimum atomic E-state index is -0.700. The Morgan fingerprint density at radius 1 is 0.309 bits per heavy atom. The Kier molecular flexibility index (Phi) is 7.53. The van der Waals surface area contributed by atoms with Crippen LogP contribution in [0.5, 0.6) is 0 Å². The SMILES string of the molecule is CC1(C)c2ccccc2-c2ccc(N(c3ccc4c(c3)C3(c5ccccc5-c5ccccc5-4)c4ccccc4-c4c3c3ccccc3c3ccccc43)c3ccc4oc5ccccc5c4c3)cc21. The zero-order valence-corrected chi connectivity index (χ0v) is 37.7. The molecule has 0 saturated heterocycles. The average Bonchev–Trinajstić information content (AvgIpc) is 3.98. The molecule has 12 aromatic rings. The van der Waals surface area contributed by atoms with Crippen molar-refractivity contribution in [2.75, 3.05) is 4.90 Å². The van der Waals surface area contributed by atoms with Crippen molar-refractivity contribution in [3.63, 3.8) is 0 Å². The number of hydrogen-bond acceptors (Lipinski definition) is 2. The second kappa shape index (κ2) is 13.6. The van der Waals surface area contributed by atoms with E-state index in [-0.39, 0.29) is 5.41 Å². The molecular formula is C66H43NO. The molecule has 0 radical (unpaired) electrons. The Hall–Kier alpha value is -8.46. The van der Waals surface area contributed by atoms with Gasteiger partial charge in [-0.05, 0) is 148 Å². The van der Waals surface area contributed by atoms with Gasteiger partial charge in [0.1, 0.15) is 11.2 Å². The molecule has 15 rings (SSSR count). The van der Waals surface area contributed by atoms with Gasteiger partial charge in [-0.2, -0.15) is 0 Å². The van der Waals surface area contributed by atoms with E-state index in [1.165, 1.54) is 99.4 Å². The summed E-state index contributed by atoms with van der Waals surface area (Å²) >= 11 is 0. The highest BCUT2D eigenvalue weighted by molar-refractivity contribution is 6.20. The van der Waals surface area contributed by atoms with Crippen LogP contribution in [0.4, 0.5) is 17.1 Å². The van der Waals surface area contributed by atoms with E-state index in [1.807, 2.05) is 0 Å². The van der Waals surface area contributed by atoms with E-state index in [4.69, 9.17) is 4.42 Å². The molecule has 2 heteroatoms. The summed E-state index contributed by atoms with van der Waals surface area (Å²) < 4.78 is 6.45. The van der Waals surface area contributed by atoms with Crippen molar-refractivity contribution in [1.29, 1.82) is 0 Å². The van der Waals surface area contributed by atoms with E-state index in [1.54, 1.807) is 0 Å². The fraction of sp³-hybridized carbons (Fsp3) is 0.0606. The molecule has 1 atom stereocenters. The zero-order chi connectivity index (χ0) is 44.9. The summed E-state index contributed by atoms with van der Waals surface area (Å²) in [6.45, 7) is 4.75. The van der Waals surface area contributed by atoms with Crippen LogP contribution in [0.15, 0.2) is 229 Å². The highest BCUT2D eigenvalue weighted by Gasteiger charge is 2.51.